The lowest BCUT2D eigenvalue weighted by Gasteiger charge is -2.22. The van der Waals surface area contributed by atoms with Crippen molar-refractivity contribution in [1.82, 2.24) is 0 Å². The summed E-state index contributed by atoms with van der Waals surface area (Å²) in [6.07, 6.45) is 0. The molecule has 0 saturated heterocycles. The second kappa shape index (κ2) is 5.84. The summed E-state index contributed by atoms with van der Waals surface area (Å²) >= 11 is 0. The van der Waals surface area contributed by atoms with E-state index in [1.54, 1.807) is 0 Å². The van der Waals surface area contributed by atoms with Crippen LogP contribution in [0.2, 0.25) is 0 Å². The van der Waals surface area contributed by atoms with Gasteiger partial charge < -0.3 is 4.90 Å². The highest BCUT2D eigenvalue weighted by atomic mass is 15.1. The van der Waals surface area contributed by atoms with Crippen molar-refractivity contribution < 1.29 is 0 Å². The Kier molecular flexibility index (Phi) is 3.74. The van der Waals surface area contributed by atoms with Gasteiger partial charge in [-0.15, -0.1) is 0 Å². The minimum atomic E-state index is 1.20. The highest BCUT2D eigenvalue weighted by molar-refractivity contribution is 5.74. The fourth-order valence-electron chi connectivity index (χ4n) is 2.57. The molecule has 1 heteroatoms. The fourth-order valence-corrected chi connectivity index (χ4v) is 2.57. The Bertz CT molecular complexity index is 717. The van der Waals surface area contributed by atoms with E-state index < -0.39 is 0 Å². The van der Waals surface area contributed by atoms with Gasteiger partial charge in [-0.25, -0.2) is 0 Å². The largest absolute Gasteiger partial charge is 0.344 e. The molecule has 104 valence electrons. The average molecular weight is 273 g/mol. The van der Waals surface area contributed by atoms with E-state index in [0.717, 1.165) is 0 Å². The Labute approximate surface area is 126 Å². The molecule has 21 heavy (non-hydrogen) atoms. The maximum atomic E-state index is 2.26. The monoisotopic (exact) mass is 273 g/mol. The van der Waals surface area contributed by atoms with E-state index in [1.165, 1.54) is 28.1 Å². The highest BCUT2D eigenvalue weighted by Gasteiger charge is 2.08. The summed E-state index contributed by atoms with van der Waals surface area (Å²) in [4.78, 5) is 2.24. The van der Waals surface area contributed by atoms with Gasteiger partial charge in [-0.1, -0.05) is 60.7 Å². The molecular formula is C20H19N. The summed E-state index contributed by atoms with van der Waals surface area (Å²) in [5.74, 6) is 0. The van der Waals surface area contributed by atoms with Gasteiger partial charge in [-0.3, -0.25) is 0 Å². The van der Waals surface area contributed by atoms with Gasteiger partial charge in [0.25, 0.3) is 0 Å². The van der Waals surface area contributed by atoms with Crippen LogP contribution in [0.1, 0.15) is 5.56 Å². The van der Waals surface area contributed by atoms with Crippen LogP contribution in [0.25, 0.3) is 11.1 Å². The topological polar surface area (TPSA) is 3.24 Å². The summed E-state index contributed by atoms with van der Waals surface area (Å²) in [5.41, 5.74) is 6.22. The lowest BCUT2D eigenvalue weighted by molar-refractivity contribution is 1.19. The van der Waals surface area contributed by atoms with E-state index in [4.69, 9.17) is 0 Å². The van der Waals surface area contributed by atoms with Crippen molar-refractivity contribution in [2.45, 2.75) is 6.92 Å². The predicted octanol–water partition coefficient (Wildman–Crippen LogP) is 5.43. The van der Waals surface area contributed by atoms with Crippen LogP contribution in [-0.4, -0.2) is 7.05 Å². The molecular weight excluding hydrogens is 254 g/mol. The van der Waals surface area contributed by atoms with E-state index in [2.05, 4.69) is 91.7 Å². The molecule has 1 nitrogen and oxygen atoms in total. The van der Waals surface area contributed by atoms with Crippen molar-refractivity contribution in [3.63, 3.8) is 0 Å². The van der Waals surface area contributed by atoms with E-state index in [0.29, 0.717) is 0 Å². The third-order valence-corrected chi connectivity index (χ3v) is 3.82. The molecule has 0 aliphatic carbocycles. The molecule has 0 saturated carbocycles. The molecule has 0 aliphatic heterocycles. The number of para-hydroxylation sites is 1. The van der Waals surface area contributed by atoms with Gasteiger partial charge >= 0.3 is 0 Å². The molecule has 0 aromatic heterocycles. The quantitative estimate of drug-likeness (QED) is 0.615. The van der Waals surface area contributed by atoms with E-state index in [-0.39, 0.29) is 0 Å². The molecule has 0 bridgehead atoms. The first-order valence-electron chi connectivity index (χ1n) is 7.20. The number of hydrogen-bond acceptors (Lipinski definition) is 1. The minimum Gasteiger partial charge on any atom is -0.344 e. The lowest BCUT2D eigenvalue weighted by atomic mass is 10.0. The van der Waals surface area contributed by atoms with Gasteiger partial charge in [0.2, 0.25) is 0 Å². The van der Waals surface area contributed by atoms with Crippen molar-refractivity contribution >= 4 is 11.4 Å². The van der Waals surface area contributed by atoms with Gasteiger partial charge in [0.1, 0.15) is 0 Å². The summed E-state index contributed by atoms with van der Waals surface area (Å²) < 4.78 is 0. The van der Waals surface area contributed by atoms with Crippen LogP contribution in [0.4, 0.5) is 11.4 Å². The lowest BCUT2D eigenvalue weighted by Crippen LogP contribution is -2.10. The molecule has 0 atom stereocenters. The Hall–Kier alpha value is -2.54. The van der Waals surface area contributed by atoms with Gasteiger partial charge in [-0.2, -0.15) is 0 Å². The van der Waals surface area contributed by atoms with Crippen molar-refractivity contribution in [2.75, 3.05) is 11.9 Å². The Morgan fingerprint density at radius 2 is 1.29 bits per heavy atom. The SMILES string of the molecule is Cc1ccc(-c2ccccc2)cc1N(C)c1ccccc1. The molecule has 0 radical (unpaired) electrons. The van der Waals surface area contributed by atoms with Crippen LogP contribution in [0, 0.1) is 6.92 Å². The summed E-state index contributed by atoms with van der Waals surface area (Å²) in [7, 11) is 2.12. The van der Waals surface area contributed by atoms with Crippen LogP contribution in [0.3, 0.4) is 0 Å². The van der Waals surface area contributed by atoms with Crippen molar-refractivity contribution in [3.05, 3.63) is 84.4 Å². The fraction of sp³-hybridized carbons (Fsp3) is 0.100. The zero-order valence-electron chi connectivity index (χ0n) is 12.5. The van der Waals surface area contributed by atoms with Crippen LogP contribution >= 0.6 is 0 Å². The summed E-state index contributed by atoms with van der Waals surface area (Å²) in [5, 5.41) is 0. The van der Waals surface area contributed by atoms with Crippen LogP contribution in [0.5, 0.6) is 0 Å². The minimum absolute atomic E-state index is 1.20. The molecule has 0 fully saturated rings. The molecule has 3 rings (SSSR count). The third kappa shape index (κ3) is 2.82. The van der Waals surface area contributed by atoms with Crippen LogP contribution in [-0.2, 0) is 0 Å². The van der Waals surface area contributed by atoms with Crippen molar-refractivity contribution in [3.8, 4) is 11.1 Å². The van der Waals surface area contributed by atoms with Crippen LogP contribution in [0.15, 0.2) is 78.9 Å². The van der Waals surface area contributed by atoms with E-state index in [1.807, 2.05) is 6.07 Å². The first-order chi connectivity index (χ1) is 10.3. The van der Waals surface area contributed by atoms with Gasteiger partial charge in [-0.05, 0) is 41.8 Å². The molecule has 0 amide bonds. The average Bonchev–Trinajstić information content (AvgIpc) is 2.56. The Morgan fingerprint density at radius 1 is 0.667 bits per heavy atom. The molecule has 0 spiro atoms. The number of benzene rings is 3. The molecule has 0 aliphatic rings. The molecule has 3 aromatic carbocycles. The summed E-state index contributed by atoms with van der Waals surface area (Å²) in [6, 6.07) is 27.6. The summed E-state index contributed by atoms with van der Waals surface area (Å²) in [6.45, 7) is 2.16. The van der Waals surface area contributed by atoms with Gasteiger partial charge in [0.05, 0.1) is 0 Å². The third-order valence-electron chi connectivity index (χ3n) is 3.82. The highest BCUT2D eigenvalue weighted by Crippen LogP contribution is 2.31. The number of anilines is 2. The van der Waals surface area contributed by atoms with Crippen LogP contribution < -0.4 is 4.90 Å². The van der Waals surface area contributed by atoms with Gasteiger partial charge in [0, 0.05) is 18.4 Å². The molecule has 0 N–H and O–H groups in total. The Balaban J connectivity index is 2.03. The van der Waals surface area contributed by atoms with E-state index in [9.17, 15) is 0 Å². The first-order valence-corrected chi connectivity index (χ1v) is 7.20. The number of aryl methyl sites for hydroxylation is 1. The predicted molar refractivity (Wildman–Crippen MR) is 91.1 cm³/mol. The molecule has 0 unspecified atom stereocenters. The second-order valence-electron chi connectivity index (χ2n) is 5.26. The second-order valence-corrected chi connectivity index (χ2v) is 5.26. The normalized spacial score (nSPS) is 10.4. The zero-order chi connectivity index (χ0) is 14.7. The smallest absolute Gasteiger partial charge is 0.0444 e. The maximum absolute atomic E-state index is 2.26. The van der Waals surface area contributed by atoms with E-state index >= 15 is 0 Å². The van der Waals surface area contributed by atoms with Crippen molar-refractivity contribution in [2.24, 2.45) is 0 Å². The Morgan fingerprint density at radius 3 is 1.95 bits per heavy atom. The molecule has 0 heterocycles. The number of rotatable bonds is 3. The standard InChI is InChI=1S/C20H19N/c1-16-13-14-18(17-9-5-3-6-10-17)15-20(16)21(2)19-11-7-4-8-12-19/h3-15H,1-2H3. The number of hydrogen-bond donors (Lipinski definition) is 0. The first kappa shape index (κ1) is 13.4. The van der Waals surface area contributed by atoms with Crippen molar-refractivity contribution in [1.29, 1.82) is 0 Å². The van der Waals surface area contributed by atoms with Gasteiger partial charge in [0.15, 0.2) is 0 Å². The molecule has 3 aromatic rings. The zero-order valence-corrected chi connectivity index (χ0v) is 12.5. The number of nitrogens with zero attached hydrogens (tertiary/aromatic N) is 1. The maximum Gasteiger partial charge on any atom is 0.0444 e.